The first-order valence-corrected chi connectivity index (χ1v) is 7.90. The van der Waals surface area contributed by atoms with Crippen molar-refractivity contribution in [2.45, 2.75) is 12.6 Å². The SMILES string of the molecule is FC(F)(F)N(SN(c1ccc(Cl)cc1)C(F)(F)F)c1ccc(Cl)cc1. The molecule has 136 valence electrons. The Bertz CT molecular complexity index is 642. The highest BCUT2D eigenvalue weighted by atomic mass is 35.5. The van der Waals surface area contributed by atoms with Gasteiger partial charge in [-0.25, -0.2) is 8.61 Å². The first kappa shape index (κ1) is 19.9. The zero-order valence-electron chi connectivity index (χ0n) is 11.9. The van der Waals surface area contributed by atoms with E-state index in [1.54, 1.807) is 0 Å². The zero-order chi connectivity index (χ0) is 18.8. The highest BCUT2D eigenvalue weighted by Crippen LogP contribution is 2.43. The van der Waals surface area contributed by atoms with Crippen molar-refractivity contribution in [1.29, 1.82) is 0 Å². The molecule has 0 bridgehead atoms. The summed E-state index contributed by atoms with van der Waals surface area (Å²) in [6.45, 7) is 0. The van der Waals surface area contributed by atoms with Crippen molar-refractivity contribution >= 4 is 46.7 Å². The first-order valence-electron chi connectivity index (χ1n) is 6.41. The summed E-state index contributed by atoms with van der Waals surface area (Å²) in [6.07, 6.45) is -10.1. The van der Waals surface area contributed by atoms with E-state index in [0.717, 1.165) is 48.5 Å². The van der Waals surface area contributed by atoms with Crippen LogP contribution in [-0.2, 0) is 0 Å². The van der Waals surface area contributed by atoms with Crippen LogP contribution in [0, 0.1) is 0 Å². The highest BCUT2D eigenvalue weighted by molar-refractivity contribution is 8.02. The molecule has 0 fully saturated rings. The summed E-state index contributed by atoms with van der Waals surface area (Å²) in [6, 6.07) is 8.48. The Hall–Kier alpha value is -1.45. The lowest BCUT2D eigenvalue weighted by atomic mass is 10.3. The standard InChI is InChI=1S/C14H8Cl2F6N2S/c15-9-1-5-11(6-2-9)23(13(17,18)19)25-24(14(20,21)22)12-7-3-10(16)4-8-12/h1-8H. The number of hydrogen-bond donors (Lipinski definition) is 0. The Morgan fingerprint density at radius 1 is 0.600 bits per heavy atom. The summed E-state index contributed by atoms with van der Waals surface area (Å²) in [5, 5.41) is 0.308. The fourth-order valence-corrected chi connectivity index (χ4v) is 2.75. The normalized spacial score (nSPS) is 12.2. The van der Waals surface area contributed by atoms with E-state index in [-0.39, 0.29) is 10.0 Å². The predicted octanol–water partition coefficient (Wildman–Crippen LogP) is 6.91. The number of alkyl halides is 6. The second-order valence-electron chi connectivity index (χ2n) is 4.56. The van der Waals surface area contributed by atoms with E-state index in [4.69, 9.17) is 23.2 Å². The van der Waals surface area contributed by atoms with Crippen LogP contribution in [0.1, 0.15) is 0 Å². The maximum absolute atomic E-state index is 13.3. The average Bonchev–Trinajstić information content (AvgIpc) is 2.48. The van der Waals surface area contributed by atoms with Crippen LogP contribution in [0.5, 0.6) is 0 Å². The smallest absolute Gasteiger partial charge is 0.207 e. The lowest BCUT2D eigenvalue weighted by molar-refractivity contribution is -0.119. The molecule has 0 radical (unpaired) electrons. The number of halogens is 8. The molecule has 0 amide bonds. The summed E-state index contributed by atoms with van der Waals surface area (Å²) in [5.74, 6) is 0. The number of hydrogen-bond acceptors (Lipinski definition) is 3. The molecule has 0 aliphatic rings. The van der Waals surface area contributed by atoms with Gasteiger partial charge in [-0.15, -0.1) is 26.3 Å². The summed E-state index contributed by atoms with van der Waals surface area (Å²) < 4.78 is 78.9. The minimum atomic E-state index is -5.07. The van der Waals surface area contributed by atoms with Gasteiger partial charge < -0.3 is 0 Å². The molecule has 0 saturated carbocycles. The van der Waals surface area contributed by atoms with Gasteiger partial charge in [-0.2, -0.15) is 0 Å². The molecule has 2 aromatic carbocycles. The van der Waals surface area contributed by atoms with E-state index in [1.807, 2.05) is 0 Å². The summed E-state index contributed by atoms with van der Waals surface area (Å²) in [7, 11) is 0. The van der Waals surface area contributed by atoms with Gasteiger partial charge in [-0.1, -0.05) is 23.2 Å². The number of benzene rings is 2. The third kappa shape index (κ3) is 5.26. The molecule has 25 heavy (non-hydrogen) atoms. The minimum absolute atomic E-state index is 0.154. The molecule has 2 aromatic rings. The Kier molecular flexibility index (Phi) is 5.90. The lowest BCUT2D eigenvalue weighted by Crippen LogP contribution is -2.41. The van der Waals surface area contributed by atoms with Crippen LogP contribution in [-0.4, -0.2) is 12.6 Å². The molecule has 0 aliphatic carbocycles. The molecule has 0 atom stereocenters. The number of rotatable bonds is 4. The highest BCUT2D eigenvalue weighted by Gasteiger charge is 2.46. The lowest BCUT2D eigenvalue weighted by Gasteiger charge is -2.32. The largest absolute Gasteiger partial charge is 0.496 e. The van der Waals surface area contributed by atoms with Crippen LogP contribution in [0.2, 0.25) is 10.0 Å². The van der Waals surface area contributed by atoms with E-state index in [1.165, 1.54) is 0 Å². The second-order valence-corrected chi connectivity index (χ2v) is 6.33. The van der Waals surface area contributed by atoms with Crippen LogP contribution in [0.25, 0.3) is 0 Å². The van der Waals surface area contributed by atoms with Crippen LogP contribution >= 0.6 is 35.3 Å². The van der Waals surface area contributed by atoms with Gasteiger partial charge in [0, 0.05) is 10.0 Å². The molecule has 0 spiro atoms. The van der Waals surface area contributed by atoms with Gasteiger partial charge >= 0.3 is 12.6 Å². The Labute approximate surface area is 153 Å². The molecule has 2 nitrogen and oxygen atoms in total. The van der Waals surface area contributed by atoms with Crippen molar-refractivity contribution in [3.05, 3.63) is 58.6 Å². The molecule has 0 aliphatic heterocycles. The minimum Gasteiger partial charge on any atom is -0.207 e. The molecule has 0 N–H and O–H groups in total. The van der Waals surface area contributed by atoms with Crippen molar-refractivity contribution in [3.63, 3.8) is 0 Å². The van der Waals surface area contributed by atoms with Crippen LogP contribution in [0.15, 0.2) is 48.5 Å². The van der Waals surface area contributed by atoms with Crippen molar-refractivity contribution in [2.24, 2.45) is 0 Å². The van der Waals surface area contributed by atoms with E-state index in [0.29, 0.717) is 0 Å². The average molecular weight is 421 g/mol. The zero-order valence-corrected chi connectivity index (χ0v) is 14.3. The van der Waals surface area contributed by atoms with Crippen LogP contribution < -0.4 is 8.61 Å². The quantitative estimate of drug-likeness (QED) is 0.301. The van der Waals surface area contributed by atoms with Gasteiger partial charge in [-0.3, -0.25) is 0 Å². The van der Waals surface area contributed by atoms with Crippen molar-refractivity contribution < 1.29 is 26.3 Å². The number of nitrogens with zero attached hydrogens (tertiary/aromatic N) is 2. The summed E-state index contributed by atoms with van der Waals surface area (Å²) >= 11 is 10.7. The van der Waals surface area contributed by atoms with Crippen molar-refractivity contribution in [2.75, 3.05) is 8.61 Å². The van der Waals surface area contributed by atoms with Gasteiger partial charge in [0.2, 0.25) is 0 Å². The Morgan fingerprint density at radius 3 is 1.12 bits per heavy atom. The van der Waals surface area contributed by atoms with Crippen LogP contribution in [0.4, 0.5) is 37.7 Å². The van der Waals surface area contributed by atoms with E-state index < -0.39 is 44.7 Å². The summed E-state index contributed by atoms with van der Waals surface area (Å²) in [5.41, 5.74) is -1.02. The third-order valence-electron chi connectivity index (χ3n) is 2.75. The van der Waals surface area contributed by atoms with Gasteiger partial charge in [0.05, 0.1) is 23.5 Å². The number of anilines is 2. The molecule has 0 heterocycles. The van der Waals surface area contributed by atoms with Gasteiger partial charge in [-0.05, 0) is 48.5 Å². The molecule has 0 aromatic heterocycles. The Balaban J connectivity index is 2.42. The van der Waals surface area contributed by atoms with E-state index in [9.17, 15) is 26.3 Å². The molecule has 0 unspecified atom stereocenters. The van der Waals surface area contributed by atoms with Gasteiger partial charge in [0.25, 0.3) is 0 Å². The maximum atomic E-state index is 13.3. The molecule has 11 heteroatoms. The van der Waals surface area contributed by atoms with Crippen LogP contribution in [0.3, 0.4) is 0 Å². The maximum Gasteiger partial charge on any atom is 0.496 e. The molecule has 0 saturated heterocycles. The van der Waals surface area contributed by atoms with Gasteiger partial charge in [0.1, 0.15) is 0 Å². The monoisotopic (exact) mass is 420 g/mol. The first-order chi connectivity index (χ1) is 11.5. The van der Waals surface area contributed by atoms with Crippen molar-refractivity contribution in [1.82, 2.24) is 0 Å². The molecular formula is C14H8Cl2F6N2S. The predicted molar refractivity (Wildman–Crippen MR) is 87.6 cm³/mol. The Morgan fingerprint density at radius 2 is 0.880 bits per heavy atom. The van der Waals surface area contributed by atoms with Gasteiger partial charge in [0.15, 0.2) is 0 Å². The van der Waals surface area contributed by atoms with Crippen molar-refractivity contribution in [3.8, 4) is 0 Å². The fraction of sp³-hybridized carbons (Fsp3) is 0.143. The molecule has 2 rings (SSSR count). The molecular weight excluding hydrogens is 413 g/mol. The van der Waals surface area contributed by atoms with E-state index >= 15 is 0 Å². The van der Waals surface area contributed by atoms with E-state index in [2.05, 4.69) is 0 Å². The topological polar surface area (TPSA) is 6.48 Å². The third-order valence-corrected chi connectivity index (χ3v) is 4.41. The summed E-state index contributed by atoms with van der Waals surface area (Å²) in [4.78, 5) is 0. The second kappa shape index (κ2) is 7.43. The fourth-order valence-electron chi connectivity index (χ4n) is 1.71.